The molecule has 0 heterocycles. The highest BCUT2D eigenvalue weighted by atomic mass is 16.6. The van der Waals surface area contributed by atoms with Crippen LogP contribution in [0.4, 0.5) is 0 Å². The van der Waals surface area contributed by atoms with Gasteiger partial charge in [-0.2, -0.15) is 0 Å². The fourth-order valence-electron chi connectivity index (χ4n) is 9.49. The lowest BCUT2D eigenvalue weighted by atomic mass is 9.67. The second kappa shape index (κ2) is 25.2. The smallest absolute Gasteiger partial charge is 0.339 e. The van der Waals surface area contributed by atoms with E-state index in [1.165, 1.54) is 63.5 Å². The molecule has 2 aromatic rings. The van der Waals surface area contributed by atoms with Gasteiger partial charge in [-0.05, 0) is 125 Å². The van der Waals surface area contributed by atoms with Gasteiger partial charge >= 0.3 is 23.9 Å². The third-order valence-corrected chi connectivity index (χ3v) is 13.4. The molecular weight excluding hydrogens is 765 g/mol. The van der Waals surface area contributed by atoms with Crippen LogP contribution in [0.25, 0.3) is 6.08 Å². The van der Waals surface area contributed by atoms with E-state index in [0.717, 1.165) is 68.8 Å². The number of benzene rings is 2. The lowest BCUT2D eigenvalue weighted by Gasteiger charge is -2.41. The molecule has 0 unspecified atom stereocenters. The zero-order valence-electron chi connectivity index (χ0n) is 36.6. The molecule has 3 aliphatic rings. The van der Waals surface area contributed by atoms with Crippen LogP contribution < -0.4 is 4.74 Å². The predicted octanol–water partition coefficient (Wildman–Crippen LogP) is 11.6. The minimum atomic E-state index is -0.930. The van der Waals surface area contributed by atoms with Crippen LogP contribution in [-0.2, 0) is 28.6 Å². The number of ether oxygens (including phenoxy) is 4. The molecule has 0 amide bonds. The molecule has 3 aliphatic carbocycles. The maximum absolute atomic E-state index is 13.4. The molecule has 0 aliphatic heterocycles. The number of rotatable bonds is 21. The number of hydrogen-bond acceptors (Lipinski definition) is 8. The van der Waals surface area contributed by atoms with Gasteiger partial charge in [-0.15, -0.1) is 12.8 Å². The number of esters is 4. The first-order valence-corrected chi connectivity index (χ1v) is 23.3. The molecule has 5 rings (SSSR count). The summed E-state index contributed by atoms with van der Waals surface area (Å²) >= 11 is 0. The Bertz CT molecular complexity index is 1810. The van der Waals surface area contributed by atoms with Crippen LogP contribution >= 0.6 is 0 Å². The van der Waals surface area contributed by atoms with Gasteiger partial charge in [-0.3, -0.25) is 9.59 Å². The second-order valence-electron chi connectivity index (χ2n) is 17.7. The molecule has 0 spiro atoms. The van der Waals surface area contributed by atoms with Crippen molar-refractivity contribution in [1.29, 1.82) is 0 Å². The summed E-state index contributed by atoms with van der Waals surface area (Å²) in [6, 6.07) is 14.3. The monoisotopic (exact) mass is 832 g/mol. The van der Waals surface area contributed by atoms with E-state index in [2.05, 4.69) is 18.8 Å². The van der Waals surface area contributed by atoms with Crippen molar-refractivity contribution in [2.24, 2.45) is 29.6 Å². The van der Waals surface area contributed by atoms with Crippen LogP contribution in [0.2, 0.25) is 0 Å². The van der Waals surface area contributed by atoms with Crippen LogP contribution in [0.3, 0.4) is 0 Å². The normalized spacial score (nSPS) is 23.9. The van der Waals surface area contributed by atoms with E-state index >= 15 is 0 Å². The van der Waals surface area contributed by atoms with Crippen molar-refractivity contribution in [3.05, 3.63) is 71.3 Å². The number of carbonyl (C=O) groups excluding carboxylic acids is 4. The molecular formula is C53H68O8. The predicted molar refractivity (Wildman–Crippen MR) is 239 cm³/mol. The van der Waals surface area contributed by atoms with Crippen LogP contribution in [-0.4, -0.2) is 42.7 Å². The second-order valence-corrected chi connectivity index (χ2v) is 17.7. The maximum Gasteiger partial charge on any atom is 0.339 e. The highest BCUT2D eigenvalue weighted by molar-refractivity contribution is 5.91. The van der Waals surface area contributed by atoms with Crippen LogP contribution in [0, 0.1) is 54.3 Å². The Morgan fingerprint density at radius 3 is 1.97 bits per heavy atom. The summed E-state index contributed by atoms with van der Waals surface area (Å²) in [6.45, 7) is 3.05. The lowest BCUT2D eigenvalue weighted by molar-refractivity contribution is -0.152. The van der Waals surface area contributed by atoms with Gasteiger partial charge < -0.3 is 18.9 Å². The quantitative estimate of drug-likeness (QED) is 0.0306. The van der Waals surface area contributed by atoms with Gasteiger partial charge in [-0.1, -0.05) is 113 Å². The average Bonchev–Trinajstić information content (AvgIpc) is 3.29. The summed E-state index contributed by atoms with van der Waals surface area (Å²) in [5, 5.41) is 0. The van der Waals surface area contributed by atoms with E-state index in [4.69, 9.17) is 31.8 Å². The largest absolute Gasteiger partial charge is 0.465 e. The Morgan fingerprint density at radius 1 is 0.705 bits per heavy atom. The van der Waals surface area contributed by atoms with Gasteiger partial charge in [0, 0.05) is 6.08 Å². The highest BCUT2D eigenvalue weighted by Gasteiger charge is 2.40. The lowest BCUT2D eigenvalue weighted by Crippen LogP contribution is -2.39. The van der Waals surface area contributed by atoms with Gasteiger partial charge in [0.15, 0.2) is 5.60 Å². The van der Waals surface area contributed by atoms with E-state index < -0.39 is 17.5 Å². The minimum Gasteiger partial charge on any atom is -0.465 e. The number of unbranched alkanes of at least 4 members (excludes halogenated alkanes) is 7. The Morgan fingerprint density at radius 2 is 1.33 bits per heavy atom. The first-order valence-electron chi connectivity index (χ1n) is 23.3. The molecule has 8 heteroatoms. The Labute approximate surface area is 365 Å². The van der Waals surface area contributed by atoms with E-state index in [-0.39, 0.29) is 40.7 Å². The van der Waals surface area contributed by atoms with Gasteiger partial charge in [-0.25, -0.2) is 9.59 Å². The molecule has 328 valence electrons. The number of hydrogen-bond donors (Lipinski definition) is 0. The zero-order chi connectivity index (χ0) is 43.3. The SMILES string of the molecule is C#Cc1cc(C(=O)OC2(C#C)CCC(C3CCC(CCCCC)CC3)CC2)ccc1OC(=O)C1CCC(C(=O)OCCCCCCCCOC(=O)/C=C/c2ccccc2)CC1. The molecule has 0 radical (unpaired) electrons. The molecule has 0 N–H and O–H groups in total. The van der Waals surface area contributed by atoms with Crippen molar-refractivity contribution in [1.82, 2.24) is 0 Å². The maximum atomic E-state index is 13.4. The summed E-state index contributed by atoms with van der Waals surface area (Å²) in [5.74, 6) is 5.80. The standard InChI is InChI=1S/C53H68O8/c1-4-7-13-18-41-21-24-43(25-22-41)44-33-35-53(6-3,36-34-44)61-52(57)47-30-31-48(42(5-2)39-47)60-51(56)46-28-26-45(27-29-46)50(55)59-38-17-11-9-8-10-16-37-58-49(54)32-23-40-19-14-12-15-20-40/h2-3,12,14-15,19-20,23,30-32,39,41,43-46H,4,7-11,13,16-18,21-22,24-29,33-38H2,1H3/b32-23+. The summed E-state index contributed by atoms with van der Waals surface area (Å²) in [6.07, 6.45) is 36.6. The highest BCUT2D eigenvalue weighted by Crippen LogP contribution is 2.44. The molecule has 2 aromatic carbocycles. The van der Waals surface area contributed by atoms with Gasteiger partial charge in [0.1, 0.15) is 5.75 Å². The van der Waals surface area contributed by atoms with Crippen LogP contribution in [0.1, 0.15) is 170 Å². The number of terminal acetylenes is 2. The third kappa shape index (κ3) is 15.2. The molecule has 0 saturated heterocycles. The molecule has 0 bridgehead atoms. The summed E-state index contributed by atoms with van der Waals surface area (Å²) in [7, 11) is 0. The zero-order valence-corrected chi connectivity index (χ0v) is 36.6. The van der Waals surface area contributed by atoms with Crippen molar-refractivity contribution in [2.45, 2.75) is 154 Å². The van der Waals surface area contributed by atoms with E-state index in [1.54, 1.807) is 18.2 Å². The van der Waals surface area contributed by atoms with Crippen molar-refractivity contribution in [2.75, 3.05) is 13.2 Å². The van der Waals surface area contributed by atoms with Gasteiger partial charge in [0.2, 0.25) is 0 Å². The topological polar surface area (TPSA) is 105 Å². The Kier molecular flexibility index (Phi) is 19.5. The fraction of sp³-hybridized carbons (Fsp3) is 0.585. The average molecular weight is 833 g/mol. The van der Waals surface area contributed by atoms with Gasteiger partial charge in [0.05, 0.1) is 36.2 Å². The van der Waals surface area contributed by atoms with E-state index in [9.17, 15) is 19.2 Å². The first kappa shape index (κ1) is 47.2. The first-order chi connectivity index (χ1) is 29.7. The van der Waals surface area contributed by atoms with Crippen molar-refractivity contribution in [3.63, 3.8) is 0 Å². The van der Waals surface area contributed by atoms with E-state index in [0.29, 0.717) is 57.7 Å². The molecule has 0 aromatic heterocycles. The number of carbonyl (C=O) groups is 4. The van der Waals surface area contributed by atoms with Gasteiger partial charge in [0.25, 0.3) is 0 Å². The summed E-state index contributed by atoms with van der Waals surface area (Å²) < 4.78 is 22.7. The molecule has 61 heavy (non-hydrogen) atoms. The van der Waals surface area contributed by atoms with Crippen LogP contribution in [0.5, 0.6) is 5.75 Å². The van der Waals surface area contributed by atoms with Crippen LogP contribution in [0.15, 0.2) is 54.6 Å². The van der Waals surface area contributed by atoms with Crippen molar-refractivity contribution >= 4 is 30.0 Å². The summed E-state index contributed by atoms with van der Waals surface area (Å²) in [5.41, 5.74) is 0.587. The fourth-order valence-corrected chi connectivity index (χ4v) is 9.49. The Balaban J connectivity index is 0.938. The van der Waals surface area contributed by atoms with E-state index in [1.807, 2.05) is 30.3 Å². The molecule has 3 saturated carbocycles. The molecule has 0 atom stereocenters. The van der Waals surface area contributed by atoms with Crippen molar-refractivity contribution in [3.8, 4) is 30.4 Å². The third-order valence-electron chi connectivity index (χ3n) is 13.4. The van der Waals surface area contributed by atoms with Crippen molar-refractivity contribution < 1.29 is 38.1 Å². The summed E-state index contributed by atoms with van der Waals surface area (Å²) in [4.78, 5) is 51.2. The Hall–Kier alpha value is -4.82. The molecule has 8 nitrogen and oxygen atoms in total. The molecule has 3 fully saturated rings. The minimum absolute atomic E-state index is 0.206.